The van der Waals surface area contributed by atoms with Gasteiger partial charge in [0, 0.05) is 5.70 Å². The highest BCUT2D eigenvalue weighted by atomic mass is 16.1. The first kappa shape index (κ1) is 7.50. The monoisotopic (exact) mass is 125 g/mol. The zero-order valence-corrected chi connectivity index (χ0v) is 5.01. The fraction of sp³-hybridized carbons (Fsp3) is 0.200. The lowest BCUT2D eigenvalue weighted by Gasteiger charge is -1.91. The van der Waals surface area contributed by atoms with Crippen molar-refractivity contribution >= 4 is 5.91 Å². The fourth-order valence-corrected chi connectivity index (χ4v) is 0.338. The van der Waals surface area contributed by atoms with Crippen LogP contribution in [0.4, 0.5) is 0 Å². The summed E-state index contributed by atoms with van der Waals surface area (Å²) in [6, 6.07) is 1.58. The van der Waals surface area contributed by atoms with Gasteiger partial charge in [0.2, 0.25) is 0 Å². The zero-order valence-electron chi connectivity index (χ0n) is 5.01. The molecule has 4 N–H and O–H groups in total. The van der Waals surface area contributed by atoms with Crippen LogP contribution in [0.15, 0.2) is 11.3 Å². The molecule has 0 saturated heterocycles. The Bertz CT molecular complexity index is 195. The molecular weight excluding hydrogens is 118 g/mol. The van der Waals surface area contributed by atoms with Gasteiger partial charge in [-0.1, -0.05) is 0 Å². The summed E-state index contributed by atoms with van der Waals surface area (Å²) in [6.07, 6.45) is 0. The Morgan fingerprint density at radius 1 is 1.56 bits per heavy atom. The van der Waals surface area contributed by atoms with E-state index in [1.807, 2.05) is 0 Å². The molecule has 0 aliphatic rings. The van der Waals surface area contributed by atoms with Gasteiger partial charge in [0.05, 0.1) is 0 Å². The van der Waals surface area contributed by atoms with Crippen LogP contribution in [0.1, 0.15) is 6.92 Å². The number of hydrogen-bond donors (Lipinski definition) is 2. The molecule has 0 aromatic heterocycles. The third-order valence-electron chi connectivity index (χ3n) is 0.753. The summed E-state index contributed by atoms with van der Waals surface area (Å²) in [5.41, 5.74) is 9.84. The quantitative estimate of drug-likeness (QED) is 0.356. The number of carbonyl (C=O) groups is 1. The number of nitrogens with zero attached hydrogens (tertiary/aromatic N) is 1. The summed E-state index contributed by atoms with van der Waals surface area (Å²) >= 11 is 0. The lowest BCUT2D eigenvalue weighted by Crippen LogP contribution is -2.16. The molecule has 4 nitrogen and oxygen atoms in total. The summed E-state index contributed by atoms with van der Waals surface area (Å²) in [7, 11) is 0. The van der Waals surface area contributed by atoms with Gasteiger partial charge in [-0.05, 0) is 6.92 Å². The van der Waals surface area contributed by atoms with Crippen LogP contribution >= 0.6 is 0 Å². The maximum Gasteiger partial charge on any atom is 0.261 e. The van der Waals surface area contributed by atoms with Crippen molar-refractivity contribution in [1.29, 1.82) is 5.26 Å². The maximum absolute atomic E-state index is 10.2. The van der Waals surface area contributed by atoms with E-state index in [0.29, 0.717) is 0 Å². The molecule has 9 heavy (non-hydrogen) atoms. The minimum absolute atomic E-state index is 0.157. The van der Waals surface area contributed by atoms with Gasteiger partial charge in [0.1, 0.15) is 11.6 Å². The SMILES string of the molecule is CC(N)=C(C#N)C(N)=O. The Labute approximate surface area is 52.7 Å². The molecule has 0 atom stereocenters. The number of nitrogens with two attached hydrogens (primary N) is 2. The van der Waals surface area contributed by atoms with Crippen LogP contribution in [0.2, 0.25) is 0 Å². The summed E-state index contributed by atoms with van der Waals surface area (Å²) < 4.78 is 0. The molecule has 0 aromatic carbocycles. The number of amides is 1. The van der Waals surface area contributed by atoms with Crippen molar-refractivity contribution in [2.45, 2.75) is 6.92 Å². The molecule has 0 saturated carbocycles. The molecule has 0 aliphatic heterocycles. The smallest absolute Gasteiger partial charge is 0.261 e. The lowest BCUT2D eigenvalue weighted by atomic mass is 10.2. The van der Waals surface area contributed by atoms with Crippen LogP contribution in [0.25, 0.3) is 0 Å². The van der Waals surface area contributed by atoms with Crippen molar-refractivity contribution in [1.82, 2.24) is 0 Å². The van der Waals surface area contributed by atoms with Gasteiger partial charge in [0.15, 0.2) is 0 Å². The Balaban J connectivity index is 4.62. The number of rotatable bonds is 1. The first-order chi connectivity index (χ1) is 4.09. The molecular formula is C5H7N3O. The highest BCUT2D eigenvalue weighted by molar-refractivity contribution is 5.96. The molecule has 0 rings (SSSR count). The van der Waals surface area contributed by atoms with Crippen LogP contribution in [0.5, 0.6) is 0 Å². The van der Waals surface area contributed by atoms with Crippen molar-refractivity contribution in [3.63, 3.8) is 0 Å². The molecule has 0 aromatic rings. The Morgan fingerprint density at radius 2 is 2.00 bits per heavy atom. The Morgan fingerprint density at radius 3 is 2.00 bits per heavy atom. The van der Waals surface area contributed by atoms with Gasteiger partial charge in [-0.25, -0.2) is 0 Å². The van der Waals surface area contributed by atoms with E-state index in [1.165, 1.54) is 6.92 Å². The van der Waals surface area contributed by atoms with Crippen molar-refractivity contribution in [3.05, 3.63) is 11.3 Å². The minimum Gasteiger partial charge on any atom is -0.401 e. The highest BCUT2D eigenvalue weighted by Gasteiger charge is 2.03. The van der Waals surface area contributed by atoms with Gasteiger partial charge in [-0.2, -0.15) is 5.26 Å². The van der Waals surface area contributed by atoms with Gasteiger partial charge in [0.25, 0.3) is 5.91 Å². The summed E-state index contributed by atoms with van der Waals surface area (Å²) in [5, 5.41) is 8.18. The van der Waals surface area contributed by atoms with Crippen LogP contribution in [0, 0.1) is 11.3 Å². The van der Waals surface area contributed by atoms with Crippen molar-refractivity contribution < 1.29 is 4.79 Å². The molecule has 1 amide bonds. The second kappa shape index (κ2) is 2.72. The lowest BCUT2D eigenvalue weighted by molar-refractivity contribution is -0.114. The van der Waals surface area contributed by atoms with E-state index in [0.717, 1.165) is 0 Å². The minimum atomic E-state index is -0.780. The highest BCUT2D eigenvalue weighted by Crippen LogP contribution is 1.93. The Hall–Kier alpha value is -1.50. The van der Waals surface area contributed by atoms with E-state index in [1.54, 1.807) is 6.07 Å². The van der Waals surface area contributed by atoms with Crippen molar-refractivity contribution in [2.24, 2.45) is 11.5 Å². The molecule has 0 fully saturated rings. The molecule has 48 valence electrons. The molecule has 0 spiro atoms. The predicted octanol–water partition coefficient (Wildman–Crippen LogP) is -0.772. The number of nitriles is 1. The molecule has 0 heterocycles. The molecule has 4 heteroatoms. The van der Waals surface area contributed by atoms with E-state index in [2.05, 4.69) is 0 Å². The summed E-state index contributed by atoms with van der Waals surface area (Å²) in [4.78, 5) is 10.2. The third kappa shape index (κ3) is 1.82. The van der Waals surface area contributed by atoms with E-state index >= 15 is 0 Å². The molecule has 0 unspecified atom stereocenters. The number of primary amides is 1. The van der Waals surface area contributed by atoms with E-state index in [4.69, 9.17) is 16.7 Å². The fourth-order valence-electron chi connectivity index (χ4n) is 0.338. The van der Waals surface area contributed by atoms with E-state index < -0.39 is 5.91 Å². The average molecular weight is 125 g/mol. The van der Waals surface area contributed by atoms with E-state index in [9.17, 15) is 4.79 Å². The topological polar surface area (TPSA) is 92.9 Å². The van der Waals surface area contributed by atoms with Crippen LogP contribution in [-0.2, 0) is 4.79 Å². The van der Waals surface area contributed by atoms with Gasteiger partial charge >= 0.3 is 0 Å². The van der Waals surface area contributed by atoms with Crippen LogP contribution in [0.3, 0.4) is 0 Å². The van der Waals surface area contributed by atoms with Crippen molar-refractivity contribution in [2.75, 3.05) is 0 Å². The maximum atomic E-state index is 10.2. The molecule has 0 aliphatic carbocycles. The first-order valence-electron chi connectivity index (χ1n) is 2.26. The Kier molecular flexibility index (Phi) is 2.27. The molecule has 0 radical (unpaired) electrons. The normalized spacial score (nSPS) is 11.6. The number of allylic oxidation sites excluding steroid dienone is 1. The second-order valence-corrected chi connectivity index (χ2v) is 1.53. The third-order valence-corrected chi connectivity index (χ3v) is 0.753. The molecule has 0 bridgehead atoms. The summed E-state index contributed by atoms with van der Waals surface area (Å²) in [6.45, 7) is 1.45. The van der Waals surface area contributed by atoms with Gasteiger partial charge in [-0.15, -0.1) is 0 Å². The number of carbonyl (C=O) groups excluding carboxylic acids is 1. The van der Waals surface area contributed by atoms with Gasteiger partial charge in [-0.3, -0.25) is 4.79 Å². The van der Waals surface area contributed by atoms with Gasteiger partial charge < -0.3 is 11.5 Å². The zero-order chi connectivity index (χ0) is 7.44. The van der Waals surface area contributed by atoms with E-state index in [-0.39, 0.29) is 11.3 Å². The van der Waals surface area contributed by atoms with Crippen LogP contribution in [-0.4, -0.2) is 5.91 Å². The van der Waals surface area contributed by atoms with Crippen molar-refractivity contribution in [3.8, 4) is 6.07 Å². The predicted molar refractivity (Wildman–Crippen MR) is 31.7 cm³/mol. The largest absolute Gasteiger partial charge is 0.401 e. The second-order valence-electron chi connectivity index (χ2n) is 1.53. The first-order valence-corrected chi connectivity index (χ1v) is 2.26. The number of hydrogen-bond acceptors (Lipinski definition) is 3. The average Bonchev–Trinajstić information content (AvgIpc) is 1.64. The summed E-state index contributed by atoms with van der Waals surface area (Å²) in [5.74, 6) is -0.780. The standard InChI is InChI=1S/C5H7N3O/c1-3(7)4(2-6)5(8)9/h7H2,1H3,(H2,8,9). The van der Waals surface area contributed by atoms with Crippen LogP contribution < -0.4 is 11.5 Å².